The largest absolute Gasteiger partial charge is 0.389 e. The zero-order chi connectivity index (χ0) is 26.2. The molecule has 0 aliphatic carbocycles. The number of aromatic nitrogens is 1. The Kier molecular flexibility index (Phi) is 9.38. The number of carbonyl (C=O) groups is 2. The Morgan fingerprint density at radius 2 is 1.83 bits per heavy atom. The van der Waals surface area contributed by atoms with Gasteiger partial charge in [0.15, 0.2) is 11.6 Å². The summed E-state index contributed by atoms with van der Waals surface area (Å²) in [5, 5.41) is 23.1. The molecule has 14 heteroatoms. The molecule has 0 unspecified atom stereocenters. The van der Waals surface area contributed by atoms with Crippen molar-refractivity contribution >= 4 is 23.2 Å². The predicted molar refractivity (Wildman–Crippen MR) is 120 cm³/mol. The first-order valence-electron chi connectivity index (χ1n) is 10.9. The lowest BCUT2D eigenvalue weighted by molar-refractivity contribution is -0.181. The van der Waals surface area contributed by atoms with Gasteiger partial charge in [-0.15, -0.1) is 0 Å². The zero-order valence-electron chi connectivity index (χ0n) is 19.0. The zero-order valence-corrected chi connectivity index (χ0v) is 19.0. The number of hydrogen-bond acceptors (Lipinski definition) is 8. The molecule has 1 aliphatic heterocycles. The van der Waals surface area contributed by atoms with E-state index in [0.717, 1.165) is 22.8 Å². The van der Waals surface area contributed by atoms with E-state index in [1.54, 1.807) is 29.8 Å². The molecular weight excluding hydrogens is 490 g/mol. The highest BCUT2D eigenvalue weighted by Crippen LogP contribution is 2.29. The second-order valence-corrected chi connectivity index (χ2v) is 7.89. The Bertz CT molecular complexity index is 1030. The SMILES string of the molecule is O=C(NC[C@H](O)CN(O)c1cc(F)c(N2CCON(C(=O)Cc3ccncc3)CC2)c(F)c1)C(F)F.[HH]. The van der Waals surface area contributed by atoms with Crippen LogP contribution in [0.5, 0.6) is 0 Å². The first-order valence-corrected chi connectivity index (χ1v) is 10.9. The molecule has 0 spiro atoms. The molecule has 1 fully saturated rings. The molecule has 3 N–H and O–H groups in total. The van der Waals surface area contributed by atoms with Crippen molar-refractivity contribution in [3.05, 3.63) is 53.9 Å². The number of hydrogen-bond donors (Lipinski definition) is 3. The van der Waals surface area contributed by atoms with Crippen molar-refractivity contribution in [2.45, 2.75) is 19.0 Å². The molecule has 10 nitrogen and oxygen atoms in total. The molecule has 0 radical (unpaired) electrons. The smallest absolute Gasteiger partial charge is 0.315 e. The molecule has 2 aromatic rings. The monoisotopic (exact) mass is 517 g/mol. The number of carbonyl (C=O) groups excluding carboxylic acids is 2. The van der Waals surface area contributed by atoms with E-state index < -0.39 is 43.2 Å². The van der Waals surface area contributed by atoms with Crippen LogP contribution in [0.1, 0.15) is 6.99 Å². The number of halogens is 4. The lowest BCUT2D eigenvalue weighted by atomic mass is 10.2. The van der Waals surface area contributed by atoms with Crippen molar-refractivity contribution < 1.29 is 43.7 Å². The summed E-state index contributed by atoms with van der Waals surface area (Å²) >= 11 is 0. The van der Waals surface area contributed by atoms with Crippen LogP contribution in [0.4, 0.5) is 28.9 Å². The third-order valence-corrected chi connectivity index (χ3v) is 5.27. The van der Waals surface area contributed by atoms with Crippen LogP contribution >= 0.6 is 0 Å². The number of aliphatic hydroxyl groups is 1. The van der Waals surface area contributed by atoms with Gasteiger partial charge >= 0.3 is 6.43 Å². The minimum absolute atomic E-state index is 0. The Labute approximate surface area is 205 Å². The van der Waals surface area contributed by atoms with Crippen LogP contribution in [0.25, 0.3) is 0 Å². The van der Waals surface area contributed by atoms with Crippen molar-refractivity contribution in [2.24, 2.45) is 0 Å². The van der Waals surface area contributed by atoms with Crippen molar-refractivity contribution in [3.8, 4) is 0 Å². The summed E-state index contributed by atoms with van der Waals surface area (Å²) < 4.78 is 54.1. The molecule has 198 valence electrons. The number of rotatable bonds is 9. The first-order chi connectivity index (χ1) is 17.2. The van der Waals surface area contributed by atoms with E-state index in [9.17, 15) is 37.5 Å². The second-order valence-electron chi connectivity index (χ2n) is 7.89. The van der Waals surface area contributed by atoms with Gasteiger partial charge in [0.1, 0.15) is 5.69 Å². The van der Waals surface area contributed by atoms with Gasteiger partial charge in [0, 0.05) is 45.6 Å². The summed E-state index contributed by atoms with van der Waals surface area (Å²) in [7, 11) is 0. The lowest BCUT2D eigenvalue weighted by Gasteiger charge is -2.25. The molecule has 1 atom stereocenters. The Morgan fingerprint density at radius 1 is 1.17 bits per heavy atom. The van der Waals surface area contributed by atoms with Crippen LogP contribution in [0.2, 0.25) is 0 Å². The fraction of sp³-hybridized carbons (Fsp3) is 0.409. The van der Waals surface area contributed by atoms with Crippen LogP contribution in [0.15, 0.2) is 36.7 Å². The first kappa shape index (κ1) is 27.1. The number of benzene rings is 1. The Morgan fingerprint density at radius 3 is 2.47 bits per heavy atom. The number of amides is 2. The van der Waals surface area contributed by atoms with E-state index in [1.807, 2.05) is 0 Å². The summed E-state index contributed by atoms with van der Waals surface area (Å²) in [4.78, 5) is 34.1. The molecule has 1 aromatic carbocycles. The highest BCUT2D eigenvalue weighted by molar-refractivity contribution is 5.79. The number of hydroxylamine groups is 3. The van der Waals surface area contributed by atoms with Crippen molar-refractivity contribution in [3.63, 3.8) is 0 Å². The van der Waals surface area contributed by atoms with Crippen LogP contribution in [0, 0.1) is 11.6 Å². The maximum atomic E-state index is 14.9. The van der Waals surface area contributed by atoms with Crippen molar-refractivity contribution in [1.29, 1.82) is 0 Å². The van der Waals surface area contributed by atoms with Gasteiger partial charge in [0.25, 0.3) is 11.8 Å². The summed E-state index contributed by atoms with van der Waals surface area (Å²) in [6.45, 7) is -1.03. The van der Waals surface area contributed by atoms with Crippen LogP contribution in [-0.2, 0) is 20.8 Å². The highest BCUT2D eigenvalue weighted by atomic mass is 19.3. The molecule has 2 heterocycles. The average Bonchev–Trinajstić information content (AvgIpc) is 3.09. The van der Waals surface area contributed by atoms with Gasteiger partial charge in [-0.3, -0.25) is 29.7 Å². The molecule has 0 bridgehead atoms. The lowest BCUT2D eigenvalue weighted by Crippen LogP contribution is -2.41. The fourth-order valence-corrected chi connectivity index (χ4v) is 3.50. The number of aliphatic hydroxyl groups excluding tert-OH is 1. The fourth-order valence-electron chi connectivity index (χ4n) is 3.50. The number of anilines is 2. The van der Waals surface area contributed by atoms with Gasteiger partial charge in [-0.25, -0.2) is 13.8 Å². The number of nitrogens with one attached hydrogen (secondary N) is 1. The van der Waals surface area contributed by atoms with Crippen LogP contribution < -0.4 is 15.3 Å². The van der Waals surface area contributed by atoms with E-state index >= 15 is 0 Å². The number of pyridine rings is 1. The summed E-state index contributed by atoms with van der Waals surface area (Å²) in [5.41, 5.74) is 0.0135. The van der Waals surface area contributed by atoms with Gasteiger partial charge in [0.2, 0.25) is 0 Å². The summed E-state index contributed by atoms with van der Waals surface area (Å²) in [6.07, 6.45) is -1.58. The second kappa shape index (κ2) is 12.5. The van der Waals surface area contributed by atoms with Crippen LogP contribution in [-0.4, -0.2) is 84.0 Å². The molecule has 1 saturated heterocycles. The minimum Gasteiger partial charge on any atom is -0.389 e. The molecule has 2 amide bonds. The van der Waals surface area contributed by atoms with E-state index in [1.165, 1.54) is 4.90 Å². The van der Waals surface area contributed by atoms with Gasteiger partial charge in [-0.05, 0) is 17.7 Å². The maximum absolute atomic E-state index is 14.9. The Hall–Kier alpha value is -3.49. The standard InChI is InChI=1S/C22H25F4N5O5.H2/c23-17-10-15(30(35)13-16(32)12-28-22(34)21(25)26)11-18(24)20(17)29-5-6-31(36-8-7-29)19(33)9-14-1-3-27-4-2-14;/h1-4,10-11,16,21,32,35H,5-9,12-13H2,(H,28,34);1H/t16-;/m0./s1. The Balaban J connectivity index is 0.00000481. The highest BCUT2D eigenvalue weighted by Gasteiger charge is 2.26. The molecule has 3 rings (SSSR count). The van der Waals surface area contributed by atoms with E-state index in [4.69, 9.17) is 4.84 Å². The van der Waals surface area contributed by atoms with Gasteiger partial charge in [-0.1, -0.05) is 0 Å². The van der Waals surface area contributed by atoms with E-state index in [0.29, 0.717) is 5.06 Å². The molecule has 0 saturated carbocycles. The van der Waals surface area contributed by atoms with Gasteiger partial charge < -0.3 is 15.3 Å². The average molecular weight is 517 g/mol. The van der Waals surface area contributed by atoms with Gasteiger partial charge in [0.05, 0.1) is 37.9 Å². The quantitative estimate of drug-likeness (QED) is 0.337. The third-order valence-electron chi connectivity index (χ3n) is 5.27. The molecule has 36 heavy (non-hydrogen) atoms. The maximum Gasteiger partial charge on any atom is 0.315 e. The summed E-state index contributed by atoms with van der Waals surface area (Å²) in [6, 6.07) is 5.05. The number of nitrogens with zero attached hydrogens (tertiary/aromatic N) is 4. The predicted octanol–water partition coefficient (Wildman–Crippen LogP) is 1.37. The molecular formula is C22H27F4N5O5. The van der Waals surface area contributed by atoms with Crippen molar-refractivity contribution in [1.82, 2.24) is 15.4 Å². The normalized spacial score (nSPS) is 15.0. The van der Waals surface area contributed by atoms with Crippen molar-refractivity contribution in [2.75, 3.05) is 49.3 Å². The molecule has 1 aromatic heterocycles. The molecule has 1 aliphatic rings. The number of alkyl halides is 2. The summed E-state index contributed by atoms with van der Waals surface area (Å²) in [5.74, 6) is -3.94. The van der Waals surface area contributed by atoms with E-state index in [-0.39, 0.29) is 51.4 Å². The van der Waals surface area contributed by atoms with Crippen LogP contribution in [0.3, 0.4) is 0 Å². The topological polar surface area (TPSA) is 118 Å². The third kappa shape index (κ3) is 7.26. The van der Waals surface area contributed by atoms with Gasteiger partial charge in [-0.2, -0.15) is 8.78 Å². The van der Waals surface area contributed by atoms with E-state index in [2.05, 4.69) is 4.98 Å². The minimum atomic E-state index is -3.27.